The first kappa shape index (κ1) is 23.8. The van der Waals surface area contributed by atoms with Crippen LogP contribution in [0.4, 0.5) is 35.9 Å². The molecule has 1 aliphatic rings. The van der Waals surface area contributed by atoms with Crippen LogP contribution in [0.15, 0.2) is 24.3 Å². The molecule has 15 heteroatoms. The second kappa shape index (κ2) is 8.31. The Labute approximate surface area is 169 Å². The van der Waals surface area contributed by atoms with Gasteiger partial charge in [0.15, 0.2) is 0 Å². The molecule has 2 rings (SSSR count). The smallest absolute Gasteiger partial charge is 0.406 e. The molecular weight excluding hydrogens is 442 g/mol. The van der Waals surface area contributed by atoms with Crippen molar-refractivity contribution in [1.29, 1.82) is 0 Å². The molecule has 31 heavy (non-hydrogen) atoms. The van der Waals surface area contributed by atoms with Crippen LogP contribution in [0.2, 0.25) is 0 Å². The number of carbonyl (C=O) groups excluding carboxylic acids is 4. The average molecular weight is 456 g/mol. The van der Waals surface area contributed by atoms with E-state index in [1.807, 2.05) is 0 Å². The first-order valence-electron chi connectivity index (χ1n) is 8.25. The number of hydrogen-bond donors (Lipinski definition) is 3. The molecule has 6 amide bonds. The summed E-state index contributed by atoms with van der Waals surface area (Å²) in [4.78, 5) is 48.2. The molecule has 0 spiro atoms. The minimum absolute atomic E-state index is 0.0613. The van der Waals surface area contributed by atoms with Crippen molar-refractivity contribution in [3.8, 4) is 5.75 Å². The first-order valence-corrected chi connectivity index (χ1v) is 8.25. The summed E-state index contributed by atoms with van der Waals surface area (Å²) in [5.41, 5.74) is -1.70. The Morgan fingerprint density at radius 2 is 1.68 bits per heavy atom. The minimum atomic E-state index is -4.93. The molecule has 1 fully saturated rings. The monoisotopic (exact) mass is 456 g/mol. The van der Waals surface area contributed by atoms with Crippen molar-refractivity contribution < 1.29 is 50.3 Å². The lowest BCUT2D eigenvalue weighted by atomic mass is 9.92. The molecule has 1 unspecified atom stereocenters. The summed E-state index contributed by atoms with van der Waals surface area (Å²) < 4.78 is 76.5. The highest BCUT2D eigenvalue weighted by Crippen LogP contribution is 2.31. The Hall–Kier alpha value is -3.52. The summed E-state index contributed by atoms with van der Waals surface area (Å²) in [7, 11) is 0. The second-order valence-corrected chi connectivity index (χ2v) is 6.36. The van der Waals surface area contributed by atoms with Gasteiger partial charge in [-0.05, 0) is 24.6 Å². The van der Waals surface area contributed by atoms with Gasteiger partial charge in [-0.25, -0.2) is 9.59 Å². The topological polar surface area (TPSA) is 117 Å². The maximum atomic E-state index is 12.6. The van der Waals surface area contributed by atoms with Crippen molar-refractivity contribution in [1.82, 2.24) is 20.9 Å². The van der Waals surface area contributed by atoms with Crippen LogP contribution in [0.25, 0.3) is 0 Å². The molecule has 9 nitrogen and oxygen atoms in total. The molecule has 1 heterocycles. The number of nitrogens with one attached hydrogen (secondary N) is 3. The lowest BCUT2D eigenvalue weighted by molar-refractivity contribution is -0.274. The Balaban J connectivity index is 2.04. The van der Waals surface area contributed by atoms with E-state index in [0.29, 0.717) is 4.90 Å². The number of rotatable bonds is 5. The number of halogens is 6. The van der Waals surface area contributed by atoms with Crippen molar-refractivity contribution in [3.05, 3.63) is 29.8 Å². The molecule has 0 saturated carbocycles. The van der Waals surface area contributed by atoms with Gasteiger partial charge in [-0.15, -0.1) is 13.2 Å². The van der Waals surface area contributed by atoms with Gasteiger partial charge in [0.1, 0.15) is 24.4 Å². The molecule has 3 N–H and O–H groups in total. The molecule has 0 bridgehead atoms. The third-order valence-corrected chi connectivity index (χ3v) is 3.94. The van der Waals surface area contributed by atoms with Crippen molar-refractivity contribution in [2.75, 3.05) is 13.1 Å². The fourth-order valence-corrected chi connectivity index (χ4v) is 2.56. The number of ether oxygens (including phenoxy) is 1. The summed E-state index contributed by atoms with van der Waals surface area (Å²) >= 11 is 0. The molecule has 0 aliphatic carbocycles. The molecular formula is C16H14F6N4O5. The zero-order valence-corrected chi connectivity index (χ0v) is 15.5. The lowest BCUT2D eigenvalue weighted by Gasteiger charge is -2.22. The van der Waals surface area contributed by atoms with Gasteiger partial charge in [-0.1, -0.05) is 12.1 Å². The van der Waals surface area contributed by atoms with E-state index in [4.69, 9.17) is 0 Å². The third-order valence-electron chi connectivity index (χ3n) is 3.94. The van der Waals surface area contributed by atoms with E-state index in [9.17, 15) is 45.5 Å². The average Bonchev–Trinajstić information content (AvgIpc) is 2.83. The first-order chi connectivity index (χ1) is 14.1. The van der Waals surface area contributed by atoms with Gasteiger partial charge in [0, 0.05) is 0 Å². The number of urea groups is 2. The summed E-state index contributed by atoms with van der Waals surface area (Å²) in [6, 6.07) is 1.45. The van der Waals surface area contributed by atoms with Gasteiger partial charge in [0.05, 0.1) is 0 Å². The summed E-state index contributed by atoms with van der Waals surface area (Å²) in [6.45, 7) is -1.48. The quantitative estimate of drug-likeness (QED) is 0.461. The number of amides is 6. The normalized spacial score (nSPS) is 19.1. The molecule has 0 radical (unpaired) electrons. The largest absolute Gasteiger partial charge is 0.573 e. The van der Waals surface area contributed by atoms with E-state index >= 15 is 0 Å². The Kier molecular flexibility index (Phi) is 6.37. The summed E-state index contributed by atoms with van der Waals surface area (Å²) in [6.07, 6.45) is -9.65. The maximum Gasteiger partial charge on any atom is 0.573 e. The number of hydrogen-bond acceptors (Lipinski definition) is 5. The summed E-state index contributed by atoms with van der Waals surface area (Å²) in [5, 5.41) is 5.17. The van der Waals surface area contributed by atoms with Gasteiger partial charge in [-0.3, -0.25) is 19.8 Å². The maximum absolute atomic E-state index is 12.6. The zero-order chi connectivity index (χ0) is 23.6. The minimum Gasteiger partial charge on any atom is -0.406 e. The van der Waals surface area contributed by atoms with Crippen LogP contribution in [-0.2, 0) is 15.1 Å². The molecule has 1 aliphatic heterocycles. The Morgan fingerprint density at radius 3 is 2.19 bits per heavy atom. The van der Waals surface area contributed by atoms with E-state index in [-0.39, 0.29) is 5.56 Å². The van der Waals surface area contributed by atoms with Gasteiger partial charge >= 0.3 is 24.6 Å². The van der Waals surface area contributed by atoms with E-state index in [2.05, 4.69) is 10.1 Å². The predicted octanol–water partition coefficient (Wildman–Crippen LogP) is 1.74. The second-order valence-electron chi connectivity index (χ2n) is 6.36. The third kappa shape index (κ3) is 6.23. The standard InChI is InChI=1S/C16H14F6N4O5/c1-14(8-2-4-9(5-3-8)31-16(20,21)22)11(28)26(13(30)25-14)6-10(27)24-12(29)23-7-15(17,18)19/h2-5H,6-7H2,1H3,(H,25,30)(H2,23,24,27,29). The van der Waals surface area contributed by atoms with Crippen molar-refractivity contribution >= 4 is 23.9 Å². The van der Waals surface area contributed by atoms with Crippen LogP contribution in [0.5, 0.6) is 5.75 Å². The molecule has 170 valence electrons. The van der Waals surface area contributed by atoms with Crippen molar-refractivity contribution in [2.24, 2.45) is 0 Å². The van der Waals surface area contributed by atoms with E-state index in [1.165, 1.54) is 17.6 Å². The Morgan fingerprint density at radius 1 is 1.10 bits per heavy atom. The van der Waals surface area contributed by atoms with E-state index in [0.717, 1.165) is 24.3 Å². The highest BCUT2D eigenvalue weighted by atomic mass is 19.4. The zero-order valence-electron chi connectivity index (χ0n) is 15.5. The number of imide groups is 2. The molecule has 1 saturated heterocycles. The van der Waals surface area contributed by atoms with Gasteiger partial charge in [0.25, 0.3) is 5.91 Å². The number of benzene rings is 1. The molecule has 1 aromatic carbocycles. The Bertz CT molecular complexity index is 886. The molecule has 1 atom stereocenters. The van der Waals surface area contributed by atoms with Crippen LogP contribution in [0.1, 0.15) is 12.5 Å². The number of carbonyl (C=O) groups is 4. The van der Waals surface area contributed by atoms with Crippen LogP contribution in [0.3, 0.4) is 0 Å². The van der Waals surface area contributed by atoms with Gasteiger partial charge in [-0.2, -0.15) is 13.2 Å². The lowest BCUT2D eigenvalue weighted by Crippen LogP contribution is -2.48. The predicted molar refractivity (Wildman–Crippen MR) is 88.3 cm³/mol. The fraction of sp³-hybridized carbons (Fsp3) is 0.375. The van der Waals surface area contributed by atoms with E-state index < -0.39 is 60.8 Å². The fourth-order valence-electron chi connectivity index (χ4n) is 2.56. The van der Waals surface area contributed by atoms with Gasteiger partial charge < -0.3 is 15.4 Å². The molecule has 1 aromatic rings. The number of nitrogens with zero attached hydrogens (tertiary/aromatic N) is 1. The van der Waals surface area contributed by atoms with Gasteiger partial charge in [0.2, 0.25) is 5.91 Å². The highest BCUT2D eigenvalue weighted by Gasteiger charge is 2.49. The number of alkyl halides is 6. The molecule has 0 aromatic heterocycles. The SMILES string of the molecule is CC1(c2ccc(OC(F)(F)F)cc2)NC(=O)N(CC(=O)NC(=O)NCC(F)(F)F)C1=O. The highest BCUT2D eigenvalue weighted by molar-refractivity contribution is 6.10. The van der Waals surface area contributed by atoms with Crippen LogP contribution >= 0.6 is 0 Å². The van der Waals surface area contributed by atoms with E-state index in [1.54, 1.807) is 0 Å². The van der Waals surface area contributed by atoms with Crippen molar-refractivity contribution in [3.63, 3.8) is 0 Å². The summed E-state index contributed by atoms with van der Waals surface area (Å²) in [5.74, 6) is -2.80. The van der Waals surface area contributed by atoms with Crippen LogP contribution < -0.4 is 20.7 Å². The van der Waals surface area contributed by atoms with Crippen molar-refractivity contribution in [2.45, 2.75) is 25.0 Å². The van der Waals surface area contributed by atoms with Crippen LogP contribution in [0, 0.1) is 0 Å². The van der Waals surface area contributed by atoms with Crippen LogP contribution in [-0.4, -0.2) is 54.4 Å².